The molecule has 0 N–H and O–H groups in total. The fourth-order valence-corrected chi connectivity index (χ4v) is 6.84. The molecule has 8 rings (SSSR count). The van der Waals surface area contributed by atoms with Crippen LogP contribution in [0, 0.1) is 0 Å². The van der Waals surface area contributed by atoms with Gasteiger partial charge in [0.15, 0.2) is 0 Å². The molecule has 0 spiro atoms. The van der Waals surface area contributed by atoms with Crippen molar-refractivity contribution in [3.63, 3.8) is 0 Å². The van der Waals surface area contributed by atoms with Crippen LogP contribution in [0.2, 0.25) is 0 Å². The number of nitrogens with zero attached hydrogens (tertiary/aromatic N) is 2. The molecule has 188 valence electrons. The Bertz CT molecular complexity index is 2030. The van der Waals surface area contributed by atoms with E-state index in [2.05, 4.69) is 150 Å². The molecule has 0 saturated heterocycles. The van der Waals surface area contributed by atoms with Gasteiger partial charge in [-0.05, 0) is 65.0 Å². The minimum absolute atomic E-state index is 1.01. The summed E-state index contributed by atoms with van der Waals surface area (Å²) in [6.07, 6.45) is 0. The first kappa shape index (κ1) is 23.1. The Morgan fingerprint density at radius 1 is 0.450 bits per heavy atom. The standard InChI is InChI=1S/C37H24N2S/c1-3-11-25(12-4-1)26-19-21-32-31(23-26)29-15-7-8-16-30(29)37(38-32)27-20-22-34-36(24-27)40-35-18-10-9-17-33(35)39(34)28-13-5-2-6-14-28/h1-24H. The average Bonchev–Trinajstić information content (AvgIpc) is 3.03. The van der Waals surface area contributed by atoms with Crippen LogP contribution in [0.15, 0.2) is 155 Å². The van der Waals surface area contributed by atoms with E-state index in [0.717, 1.165) is 22.5 Å². The van der Waals surface area contributed by atoms with Gasteiger partial charge in [0.2, 0.25) is 0 Å². The van der Waals surface area contributed by atoms with Crippen LogP contribution in [0.5, 0.6) is 0 Å². The van der Waals surface area contributed by atoms with Gasteiger partial charge >= 0.3 is 0 Å². The zero-order valence-electron chi connectivity index (χ0n) is 21.7. The van der Waals surface area contributed by atoms with E-state index in [-0.39, 0.29) is 0 Å². The molecule has 0 atom stereocenters. The SMILES string of the molecule is c1ccc(-c2ccc3nc(-c4ccc5c(c4)Sc4ccccc4N5c4ccccc4)c4ccccc4c3c2)cc1. The molecule has 0 fully saturated rings. The lowest BCUT2D eigenvalue weighted by molar-refractivity contribution is 1.17. The second kappa shape index (κ2) is 9.41. The highest BCUT2D eigenvalue weighted by molar-refractivity contribution is 7.99. The molecular formula is C37H24N2S. The van der Waals surface area contributed by atoms with Crippen LogP contribution in [-0.2, 0) is 0 Å². The molecule has 1 aliphatic rings. The molecule has 2 heterocycles. The van der Waals surface area contributed by atoms with Crippen molar-refractivity contribution in [3.8, 4) is 22.4 Å². The highest BCUT2D eigenvalue weighted by atomic mass is 32.2. The first-order chi connectivity index (χ1) is 19.8. The molecule has 0 amide bonds. The number of para-hydroxylation sites is 2. The number of pyridine rings is 1. The third-order valence-corrected chi connectivity index (χ3v) is 8.73. The van der Waals surface area contributed by atoms with Gasteiger partial charge in [-0.25, -0.2) is 4.98 Å². The van der Waals surface area contributed by atoms with Gasteiger partial charge in [-0.3, -0.25) is 0 Å². The van der Waals surface area contributed by atoms with Gasteiger partial charge in [0, 0.05) is 31.8 Å². The Morgan fingerprint density at radius 2 is 1.12 bits per heavy atom. The predicted molar refractivity (Wildman–Crippen MR) is 169 cm³/mol. The van der Waals surface area contributed by atoms with E-state index in [1.807, 2.05) is 11.8 Å². The summed E-state index contributed by atoms with van der Waals surface area (Å²) in [4.78, 5) is 10.1. The lowest BCUT2D eigenvalue weighted by Gasteiger charge is -2.33. The monoisotopic (exact) mass is 528 g/mol. The molecule has 2 nitrogen and oxygen atoms in total. The van der Waals surface area contributed by atoms with Crippen molar-refractivity contribution >= 4 is 50.5 Å². The third kappa shape index (κ3) is 3.78. The van der Waals surface area contributed by atoms with Crippen LogP contribution in [-0.4, -0.2) is 4.98 Å². The van der Waals surface area contributed by atoms with Crippen LogP contribution in [0.3, 0.4) is 0 Å². The Labute approximate surface area is 237 Å². The van der Waals surface area contributed by atoms with Crippen LogP contribution in [0.4, 0.5) is 17.1 Å². The number of rotatable bonds is 3. The van der Waals surface area contributed by atoms with Gasteiger partial charge in [0.1, 0.15) is 0 Å². The molecule has 1 aromatic heterocycles. The van der Waals surface area contributed by atoms with E-state index in [0.29, 0.717) is 0 Å². The Hall–Kier alpha value is -4.86. The lowest BCUT2D eigenvalue weighted by Crippen LogP contribution is -2.14. The number of fused-ring (bicyclic) bond motifs is 5. The van der Waals surface area contributed by atoms with Crippen molar-refractivity contribution in [2.75, 3.05) is 4.90 Å². The molecule has 3 heteroatoms. The van der Waals surface area contributed by atoms with E-state index in [9.17, 15) is 0 Å². The number of anilines is 3. The highest BCUT2D eigenvalue weighted by Crippen LogP contribution is 2.52. The van der Waals surface area contributed by atoms with Gasteiger partial charge < -0.3 is 4.90 Å². The molecule has 40 heavy (non-hydrogen) atoms. The van der Waals surface area contributed by atoms with Crippen LogP contribution < -0.4 is 4.90 Å². The zero-order valence-corrected chi connectivity index (χ0v) is 22.5. The van der Waals surface area contributed by atoms with Gasteiger partial charge in [-0.2, -0.15) is 0 Å². The largest absolute Gasteiger partial charge is 0.308 e. The van der Waals surface area contributed by atoms with Crippen LogP contribution in [0.25, 0.3) is 44.1 Å². The van der Waals surface area contributed by atoms with Crippen LogP contribution in [0.1, 0.15) is 0 Å². The van der Waals surface area contributed by atoms with Crippen molar-refractivity contribution in [2.45, 2.75) is 9.79 Å². The predicted octanol–water partition coefficient (Wildman–Crippen LogP) is 10.7. The van der Waals surface area contributed by atoms with Gasteiger partial charge in [-0.1, -0.05) is 109 Å². The second-order valence-electron chi connectivity index (χ2n) is 10.0. The summed E-state index contributed by atoms with van der Waals surface area (Å²) in [6, 6.07) is 51.9. The van der Waals surface area contributed by atoms with E-state index < -0.39 is 0 Å². The molecule has 0 radical (unpaired) electrons. The number of hydrogen-bond acceptors (Lipinski definition) is 3. The molecular weight excluding hydrogens is 504 g/mol. The summed E-state index contributed by atoms with van der Waals surface area (Å²) < 4.78 is 0. The van der Waals surface area contributed by atoms with Crippen LogP contribution >= 0.6 is 11.8 Å². The van der Waals surface area contributed by atoms with Gasteiger partial charge in [0.25, 0.3) is 0 Å². The Balaban J connectivity index is 1.30. The summed E-state index contributed by atoms with van der Waals surface area (Å²) >= 11 is 1.83. The molecule has 0 unspecified atom stereocenters. The zero-order chi connectivity index (χ0) is 26.5. The molecule has 7 aromatic rings. The van der Waals surface area contributed by atoms with Gasteiger partial charge in [0.05, 0.1) is 22.6 Å². The minimum Gasteiger partial charge on any atom is -0.308 e. The van der Waals surface area contributed by atoms with E-state index in [4.69, 9.17) is 4.98 Å². The Kier molecular flexibility index (Phi) is 5.42. The van der Waals surface area contributed by atoms with E-state index in [1.54, 1.807) is 0 Å². The maximum atomic E-state index is 5.26. The van der Waals surface area contributed by atoms with Crippen molar-refractivity contribution in [1.29, 1.82) is 0 Å². The smallest absolute Gasteiger partial charge is 0.0788 e. The molecule has 0 aliphatic carbocycles. The normalized spacial score (nSPS) is 12.3. The molecule has 0 bridgehead atoms. The topological polar surface area (TPSA) is 16.1 Å². The van der Waals surface area contributed by atoms with E-state index >= 15 is 0 Å². The summed E-state index contributed by atoms with van der Waals surface area (Å²) in [5.41, 5.74) is 9.14. The fraction of sp³-hybridized carbons (Fsp3) is 0. The fourth-order valence-electron chi connectivity index (χ4n) is 5.74. The first-order valence-corrected chi connectivity index (χ1v) is 14.3. The van der Waals surface area contributed by atoms with Gasteiger partial charge in [-0.15, -0.1) is 0 Å². The first-order valence-electron chi connectivity index (χ1n) is 13.5. The van der Waals surface area contributed by atoms with Crippen molar-refractivity contribution in [1.82, 2.24) is 4.98 Å². The summed E-state index contributed by atoms with van der Waals surface area (Å²) in [5.74, 6) is 0. The minimum atomic E-state index is 1.01. The van der Waals surface area contributed by atoms with Crippen molar-refractivity contribution < 1.29 is 0 Å². The van der Waals surface area contributed by atoms with Crippen molar-refractivity contribution in [2.24, 2.45) is 0 Å². The second-order valence-corrected chi connectivity index (χ2v) is 11.1. The van der Waals surface area contributed by atoms with E-state index in [1.165, 1.54) is 48.5 Å². The maximum Gasteiger partial charge on any atom is 0.0788 e. The third-order valence-electron chi connectivity index (χ3n) is 7.62. The molecule has 0 saturated carbocycles. The average molecular weight is 529 g/mol. The highest BCUT2D eigenvalue weighted by Gasteiger charge is 2.25. The summed E-state index contributed by atoms with van der Waals surface area (Å²) in [5, 5.41) is 3.57. The Morgan fingerprint density at radius 3 is 1.98 bits per heavy atom. The lowest BCUT2D eigenvalue weighted by atomic mass is 9.97. The number of aromatic nitrogens is 1. The quantitative estimate of drug-likeness (QED) is 0.212. The maximum absolute atomic E-state index is 5.26. The summed E-state index contributed by atoms with van der Waals surface area (Å²) in [6.45, 7) is 0. The molecule has 6 aromatic carbocycles. The summed E-state index contributed by atoms with van der Waals surface area (Å²) in [7, 11) is 0. The number of hydrogen-bond donors (Lipinski definition) is 0. The van der Waals surface area contributed by atoms with Crippen molar-refractivity contribution in [3.05, 3.63) is 146 Å². The molecule has 1 aliphatic heterocycles. The number of benzene rings is 6.